The summed E-state index contributed by atoms with van der Waals surface area (Å²) in [6, 6.07) is 12.9. The van der Waals surface area contributed by atoms with Gasteiger partial charge in [-0.15, -0.1) is 11.3 Å². The molecule has 4 rings (SSSR count). The van der Waals surface area contributed by atoms with Gasteiger partial charge in [-0.25, -0.2) is 13.4 Å². The van der Waals surface area contributed by atoms with Crippen LogP contribution in [0.5, 0.6) is 0 Å². The lowest BCUT2D eigenvalue weighted by Crippen LogP contribution is -2.14. The molecule has 28 heavy (non-hydrogen) atoms. The van der Waals surface area contributed by atoms with E-state index in [2.05, 4.69) is 15.0 Å². The number of amides is 1. The first-order chi connectivity index (χ1) is 13.4. The van der Waals surface area contributed by atoms with Crippen LogP contribution in [0.1, 0.15) is 32.9 Å². The highest BCUT2D eigenvalue weighted by molar-refractivity contribution is 7.92. The Hall–Kier alpha value is -2.71. The molecule has 0 radical (unpaired) electrons. The number of anilines is 2. The van der Waals surface area contributed by atoms with Gasteiger partial charge in [-0.2, -0.15) is 0 Å². The van der Waals surface area contributed by atoms with Gasteiger partial charge in [-0.05, 0) is 62.6 Å². The average Bonchev–Trinajstić information content (AvgIpc) is 3.25. The van der Waals surface area contributed by atoms with E-state index in [4.69, 9.17) is 0 Å². The standard InChI is InChI=1S/C20H19N3O3S2/c1-13-5-9-15(10-6-13)23-28(25,26)16-11-7-14(8-12-16)19(24)22-20-21-17-3-2-4-18(17)27-20/h5-12,23H,2-4H2,1H3,(H,21,22,24). The van der Waals surface area contributed by atoms with Crippen LogP contribution in [0.15, 0.2) is 53.4 Å². The molecule has 0 saturated carbocycles. The molecule has 0 unspecified atom stereocenters. The summed E-state index contributed by atoms with van der Waals surface area (Å²) < 4.78 is 27.6. The number of benzene rings is 2. The zero-order valence-electron chi connectivity index (χ0n) is 15.2. The van der Waals surface area contributed by atoms with Crippen LogP contribution in [0.4, 0.5) is 10.8 Å². The lowest BCUT2D eigenvalue weighted by Gasteiger charge is -2.09. The van der Waals surface area contributed by atoms with Crippen molar-refractivity contribution in [3.63, 3.8) is 0 Å². The Morgan fingerprint density at radius 1 is 1.04 bits per heavy atom. The van der Waals surface area contributed by atoms with Gasteiger partial charge in [0.2, 0.25) is 0 Å². The van der Waals surface area contributed by atoms with Gasteiger partial charge in [-0.3, -0.25) is 14.8 Å². The van der Waals surface area contributed by atoms with E-state index in [9.17, 15) is 13.2 Å². The normalized spacial score (nSPS) is 13.2. The van der Waals surface area contributed by atoms with Crippen LogP contribution in [0.2, 0.25) is 0 Å². The summed E-state index contributed by atoms with van der Waals surface area (Å²) in [6.07, 6.45) is 3.10. The van der Waals surface area contributed by atoms with Gasteiger partial charge in [0.1, 0.15) is 0 Å². The molecule has 1 heterocycles. The smallest absolute Gasteiger partial charge is 0.261 e. The minimum atomic E-state index is -3.72. The van der Waals surface area contributed by atoms with Crippen molar-refractivity contribution in [2.45, 2.75) is 31.1 Å². The van der Waals surface area contributed by atoms with Gasteiger partial charge in [0.15, 0.2) is 5.13 Å². The van der Waals surface area contributed by atoms with Gasteiger partial charge >= 0.3 is 0 Å². The average molecular weight is 414 g/mol. The lowest BCUT2D eigenvalue weighted by molar-refractivity contribution is 0.102. The first-order valence-electron chi connectivity index (χ1n) is 8.90. The molecule has 0 bridgehead atoms. The molecule has 1 aliphatic carbocycles. The SMILES string of the molecule is Cc1ccc(NS(=O)(=O)c2ccc(C(=O)Nc3nc4c(s3)CCC4)cc2)cc1. The van der Waals surface area contributed by atoms with Crippen molar-refractivity contribution in [3.8, 4) is 0 Å². The van der Waals surface area contributed by atoms with E-state index in [-0.39, 0.29) is 10.8 Å². The van der Waals surface area contributed by atoms with Crippen LogP contribution >= 0.6 is 11.3 Å². The van der Waals surface area contributed by atoms with Crippen LogP contribution in [0.25, 0.3) is 0 Å². The van der Waals surface area contributed by atoms with Gasteiger partial charge in [0, 0.05) is 16.1 Å². The molecule has 3 aromatic rings. The Kier molecular flexibility index (Phi) is 4.91. The van der Waals surface area contributed by atoms with Crippen molar-refractivity contribution in [3.05, 3.63) is 70.2 Å². The number of carbonyl (C=O) groups excluding carboxylic acids is 1. The fraction of sp³-hybridized carbons (Fsp3) is 0.200. The molecule has 1 aliphatic rings. The third-order valence-electron chi connectivity index (χ3n) is 4.55. The molecule has 0 spiro atoms. The van der Waals surface area contributed by atoms with Crippen LogP contribution in [-0.2, 0) is 22.9 Å². The highest BCUT2D eigenvalue weighted by Gasteiger charge is 2.19. The van der Waals surface area contributed by atoms with Gasteiger partial charge < -0.3 is 0 Å². The third kappa shape index (κ3) is 3.93. The van der Waals surface area contributed by atoms with E-state index in [0.717, 1.165) is 30.5 Å². The Labute approximate surface area is 167 Å². The zero-order chi connectivity index (χ0) is 19.7. The van der Waals surface area contributed by atoms with E-state index >= 15 is 0 Å². The summed E-state index contributed by atoms with van der Waals surface area (Å²) in [5, 5.41) is 3.38. The monoisotopic (exact) mass is 413 g/mol. The Morgan fingerprint density at radius 3 is 2.43 bits per heavy atom. The van der Waals surface area contributed by atoms with Crippen molar-refractivity contribution in [2.24, 2.45) is 0 Å². The minimum Gasteiger partial charge on any atom is -0.298 e. The molecule has 6 nitrogen and oxygen atoms in total. The maximum Gasteiger partial charge on any atom is 0.261 e. The van der Waals surface area contributed by atoms with Gasteiger partial charge in [-0.1, -0.05) is 17.7 Å². The molecular weight excluding hydrogens is 394 g/mol. The first kappa shape index (κ1) is 18.6. The number of hydrogen-bond donors (Lipinski definition) is 2. The third-order valence-corrected chi connectivity index (χ3v) is 7.02. The van der Waals surface area contributed by atoms with E-state index in [1.54, 1.807) is 12.1 Å². The van der Waals surface area contributed by atoms with E-state index in [1.807, 2.05) is 19.1 Å². The maximum absolute atomic E-state index is 12.5. The second kappa shape index (κ2) is 7.37. The quantitative estimate of drug-likeness (QED) is 0.662. The summed E-state index contributed by atoms with van der Waals surface area (Å²) >= 11 is 1.51. The minimum absolute atomic E-state index is 0.0952. The highest BCUT2D eigenvalue weighted by atomic mass is 32.2. The molecule has 0 atom stereocenters. The largest absolute Gasteiger partial charge is 0.298 e. The number of rotatable bonds is 5. The number of aryl methyl sites for hydroxylation is 3. The molecule has 0 saturated heterocycles. The molecule has 2 aromatic carbocycles. The number of thiazole rings is 1. The molecule has 1 aromatic heterocycles. The summed E-state index contributed by atoms with van der Waals surface area (Å²) in [4.78, 5) is 18.2. The Morgan fingerprint density at radius 2 is 1.75 bits per heavy atom. The molecule has 0 fully saturated rings. The van der Waals surface area contributed by atoms with Crippen LogP contribution in [0, 0.1) is 6.92 Å². The van der Waals surface area contributed by atoms with Crippen molar-refractivity contribution >= 4 is 38.1 Å². The van der Waals surface area contributed by atoms with Crippen molar-refractivity contribution in [1.82, 2.24) is 4.98 Å². The van der Waals surface area contributed by atoms with Crippen molar-refractivity contribution < 1.29 is 13.2 Å². The summed E-state index contributed by atoms with van der Waals surface area (Å²) in [6.45, 7) is 1.93. The molecule has 8 heteroatoms. The van der Waals surface area contributed by atoms with Crippen molar-refractivity contribution in [1.29, 1.82) is 0 Å². The van der Waals surface area contributed by atoms with Crippen LogP contribution < -0.4 is 10.0 Å². The topological polar surface area (TPSA) is 88.2 Å². The number of sulfonamides is 1. The molecule has 1 amide bonds. The number of nitrogens with one attached hydrogen (secondary N) is 2. The van der Waals surface area contributed by atoms with E-state index in [0.29, 0.717) is 16.4 Å². The fourth-order valence-electron chi connectivity index (χ4n) is 3.03. The predicted molar refractivity (Wildman–Crippen MR) is 111 cm³/mol. The number of nitrogens with zero attached hydrogens (tertiary/aromatic N) is 1. The molecule has 144 valence electrons. The lowest BCUT2D eigenvalue weighted by atomic mass is 10.2. The molecular formula is C20H19N3O3S2. The molecule has 2 N–H and O–H groups in total. The summed E-state index contributed by atoms with van der Waals surface area (Å²) in [5.41, 5.74) is 2.99. The summed E-state index contributed by atoms with van der Waals surface area (Å²) in [7, 11) is -3.72. The second-order valence-corrected chi connectivity index (χ2v) is 9.46. The van der Waals surface area contributed by atoms with E-state index in [1.165, 1.54) is 40.5 Å². The van der Waals surface area contributed by atoms with E-state index < -0.39 is 10.0 Å². The predicted octanol–water partition coefficient (Wildman–Crippen LogP) is 3.99. The number of carbonyl (C=O) groups is 1. The second-order valence-electron chi connectivity index (χ2n) is 6.69. The zero-order valence-corrected chi connectivity index (χ0v) is 16.9. The Balaban J connectivity index is 1.46. The summed E-state index contributed by atoms with van der Waals surface area (Å²) in [5.74, 6) is -0.303. The van der Waals surface area contributed by atoms with Gasteiger partial charge in [0.25, 0.3) is 15.9 Å². The highest BCUT2D eigenvalue weighted by Crippen LogP contribution is 2.30. The number of hydrogen-bond acceptors (Lipinski definition) is 5. The number of fused-ring (bicyclic) bond motifs is 1. The van der Waals surface area contributed by atoms with Crippen molar-refractivity contribution in [2.75, 3.05) is 10.0 Å². The van der Waals surface area contributed by atoms with Gasteiger partial charge in [0.05, 0.1) is 10.6 Å². The fourth-order valence-corrected chi connectivity index (χ4v) is 5.14. The van der Waals surface area contributed by atoms with Crippen LogP contribution in [-0.4, -0.2) is 19.3 Å². The Bertz CT molecular complexity index is 1100. The molecule has 0 aliphatic heterocycles. The number of aromatic nitrogens is 1. The first-order valence-corrected chi connectivity index (χ1v) is 11.2. The maximum atomic E-state index is 12.5. The van der Waals surface area contributed by atoms with Crippen LogP contribution in [0.3, 0.4) is 0 Å².